The molecule has 0 bridgehead atoms. The molecule has 0 aliphatic rings. The average molecular weight is 308 g/mol. The molecule has 0 spiro atoms. The number of para-hydroxylation sites is 1. The first-order valence-corrected chi connectivity index (χ1v) is 6.91. The maximum Gasteiger partial charge on any atom is 0.179 e. The zero-order chi connectivity index (χ0) is 15.2. The number of benzene rings is 2. The number of nitrogens with one attached hydrogen (secondary N) is 1. The number of aliphatic hydroxyl groups is 1. The van der Waals surface area contributed by atoms with E-state index in [1.54, 1.807) is 14.2 Å². The Morgan fingerprint density at radius 2 is 1.81 bits per heavy atom. The van der Waals surface area contributed by atoms with Crippen molar-refractivity contribution in [1.82, 2.24) is 0 Å². The molecular formula is C16H18ClNO3. The van der Waals surface area contributed by atoms with Gasteiger partial charge in [-0.05, 0) is 17.7 Å². The Balaban J connectivity index is 2.20. The van der Waals surface area contributed by atoms with Crippen LogP contribution >= 0.6 is 11.6 Å². The van der Waals surface area contributed by atoms with E-state index < -0.39 is 0 Å². The van der Waals surface area contributed by atoms with E-state index in [1.165, 1.54) is 0 Å². The normalized spacial score (nSPS) is 10.3. The predicted octanol–water partition coefficient (Wildman–Crippen LogP) is 3.46. The Bertz CT molecular complexity index is 616. The van der Waals surface area contributed by atoms with Crippen molar-refractivity contribution in [1.29, 1.82) is 0 Å². The van der Waals surface area contributed by atoms with Gasteiger partial charge in [0, 0.05) is 17.8 Å². The summed E-state index contributed by atoms with van der Waals surface area (Å²) >= 11 is 6.34. The first kappa shape index (κ1) is 15.5. The van der Waals surface area contributed by atoms with Crippen molar-refractivity contribution >= 4 is 17.3 Å². The van der Waals surface area contributed by atoms with Gasteiger partial charge in [-0.15, -0.1) is 0 Å². The second-order valence-electron chi connectivity index (χ2n) is 4.44. The molecule has 2 aromatic carbocycles. The molecule has 2 aromatic rings. The van der Waals surface area contributed by atoms with Crippen LogP contribution in [0.2, 0.25) is 5.02 Å². The van der Waals surface area contributed by atoms with Crippen molar-refractivity contribution in [2.24, 2.45) is 0 Å². The van der Waals surface area contributed by atoms with Crippen LogP contribution in [0.15, 0.2) is 36.4 Å². The number of aliphatic hydroxyl groups excluding tert-OH is 1. The van der Waals surface area contributed by atoms with Gasteiger partial charge in [-0.1, -0.05) is 35.9 Å². The number of hydrogen-bond acceptors (Lipinski definition) is 4. The zero-order valence-corrected chi connectivity index (χ0v) is 12.8. The van der Waals surface area contributed by atoms with Gasteiger partial charge < -0.3 is 19.9 Å². The maximum absolute atomic E-state index is 9.32. The molecule has 0 heterocycles. The lowest BCUT2D eigenvalue weighted by molar-refractivity contribution is 0.282. The van der Waals surface area contributed by atoms with Crippen LogP contribution in [0.5, 0.6) is 11.5 Å². The monoisotopic (exact) mass is 307 g/mol. The molecule has 0 saturated carbocycles. The quantitative estimate of drug-likeness (QED) is 0.858. The van der Waals surface area contributed by atoms with Crippen molar-refractivity contribution in [2.45, 2.75) is 13.2 Å². The number of anilines is 1. The first-order chi connectivity index (χ1) is 10.2. The summed E-state index contributed by atoms with van der Waals surface area (Å²) in [6.45, 7) is 0.513. The van der Waals surface area contributed by atoms with Gasteiger partial charge in [-0.2, -0.15) is 0 Å². The first-order valence-electron chi connectivity index (χ1n) is 6.53. The molecule has 0 radical (unpaired) electrons. The van der Waals surface area contributed by atoms with Crippen molar-refractivity contribution < 1.29 is 14.6 Å². The van der Waals surface area contributed by atoms with Gasteiger partial charge in [0.05, 0.1) is 25.8 Å². The number of halogens is 1. The summed E-state index contributed by atoms with van der Waals surface area (Å²) in [5.74, 6) is 1.12. The summed E-state index contributed by atoms with van der Waals surface area (Å²) in [6, 6.07) is 11.3. The van der Waals surface area contributed by atoms with E-state index in [0.29, 0.717) is 23.1 Å². The van der Waals surface area contributed by atoms with Crippen LogP contribution in [-0.2, 0) is 13.2 Å². The highest BCUT2D eigenvalue weighted by molar-refractivity contribution is 6.33. The molecule has 5 heteroatoms. The fourth-order valence-corrected chi connectivity index (χ4v) is 2.39. The van der Waals surface area contributed by atoms with Crippen LogP contribution in [0.4, 0.5) is 5.69 Å². The van der Waals surface area contributed by atoms with E-state index in [-0.39, 0.29) is 6.61 Å². The molecule has 0 unspecified atom stereocenters. The molecule has 0 saturated heterocycles. The molecule has 2 rings (SSSR count). The van der Waals surface area contributed by atoms with Crippen LogP contribution in [0, 0.1) is 0 Å². The zero-order valence-electron chi connectivity index (χ0n) is 12.0. The third kappa shape index (κ3) is 3.40. The molecule has 0 atom stereocenters. The van der Waals surface area contributed by atoms with Gasteiger partial charge >= 0.3 is 0 Å². The molecule has 4 nitrogen and oxygen atoms in total. The van der Waals surface area contributed by atoms with Crippen LogP contribution < -0.4 is 14.8 Å². The van der Waals surface area contributed by atoms with Crippen LogP contribution in [0.25, 0.3) is 0 Å². The Labute approximate surface area is 129 Å². The molecule has 0 aliphatic carbocycles. The van der Waals surface area contributed by atoms with E-state index in [9.17, 15) is 5.11 Å². The molecule has 21 heavy (non-hydrogen) atoms. The summed E-state index contributed by atoms with van der Waals surface area (Å²) in [5, 5.41) is 13.1. The van der Waals surface area contributed by atoms with E-state index in [0.717, 1.165) is 16.8 Å². The highest BCUT2D eigenvalue weighted by Gasteiger charge is 2.13. The summed E-state index contributed by atoms with van der Waals surface area (Å²) < 4.78 is 10.5. The summed E-state index contributed by atoms with van der Waals surface area (Å²) in [5.41, 5.74) is 2.61. The lowest BCUT2D eigenvalue weighted by Crippen LogP contribution is -2.04. The molecule has 0 amide bonds. The molecule has 2 N–H and O–H groups in total. The lowest BCUT2D eigenvalue weighted by atomic mass is 10.1. The third-order valence-corrected chi connectivity index (χ3v) is 3.64. The Kier molecular flexibility index (Phi) is 5.31. The van der Waals surface area contributed by atoms with E-state index >= 15 is 0 Å². The summed E-state index contributed by atoms with van der Waals surface area (Å²) in [7, 11) is 3.13. The highest BCUT2D eigenvalue weighted by atomic mass is 35.5. The Morgan fingerprint density at radius 1 is 1.05 bits per heavy atom. The second kappa shape index (κ2) is 7.20. The van der Waals surface area contributed by atoms with Gasteiger partial charge in [0.15, 0.2) is 11.5 Å². The second-order valence-corrected chi connectivity index (χ2v) is 4.82. The number of ether oxygens (including phenoxy) is 2. The largest absolute Gasteiger partial charge is 0.493 e. The minimum absolute atomic E-state index is 0.0111. The van der Waals surface area contributed by atoms with Crippen molar-refractivity contribution in [3.63, 3.8) is 0 Å². The fraction of sp³-hybridized carbons (Fsp3) is 0.250. The molecule has 0 fully saturated rings. The van der Waals surface area contributed by atoms with Crippen molar-refractivity contribution in [2.75, 3.05) is 19.5 Å². The molecule has 0 aromatic heterocycles. The fourth-order valence-electron chi connectivity index (χ4n) is 2.09. The Hall–Kier alpha value is -1.91. The minimum Gasteiger partial charge on any atom is -0.493 e. The SMILES string of the molecule is COc1ccc(CNc2ccccc2CO)c(Cl)c1OC. The smallest absolute Gasteiger partial charge is 0.179 e. The number of methoxy groups -OCH3 is 2. The van der Waals surface area contributed by atoms with Gasteiger partial charge in [0.1, 0.15) is 0 Å². The topological polar surface area (TPSA) is 50.7 Å². The standard InChI is InChI=1S/C16H18ClNO3/c1-20-14-8-7-11(15(17)16(14)21-2)9-18-13-6-4-3-5-12(13)10-19/h3-8,18-19H,9-10H2,1-2H3. The van der Waals surface area contributed by atoms with Gasteiger partial charge in [-0.3, -0.25) is 0 Å². The summed E-state index contributed by atoms with van der Waals surface area (Å²) in [6.07, 6.45) is 0. The van der Waals surface area contributed by atoms with Gasteiger partial charge in [0.2, 0.25) is 0 Å². The van der Waals surface area contributed by atoms with Crippen LogP contribution in [-0.4, -0.2) is 19.3 Å². The highest BCUT2D eigenvalue weighted by Crippen LogP contribution is 2.37. The molecule has 112 valence electrons. The average Bonchev–Trinajstić information content (AvgIpc) is 2.53. The van der Waals surface area contributed by atoms with Gasteiger partial charge in [-0.25, -0.2) is 0 Å². The van der Waals surface area contributed by atoms with E-state index in [1.807, 2.05) is 36.4 Å². The van der Waals surface area contributed by atoms with E-state index in [4.69, 9.17) is 21.1 Å². The molecular weight excluding hydrogens is 290 g/mol. The van der Waals surface area contributed by atoms with Crippen LogP contribution in [0.1, 0.15) is 11.1 Å². The van der Waals surface area contributed by atoms with Crippen molar-refractivity contribution in [3.05, 3.63) is 52.5 Å². The predicted molar refractivity (Wildman–Crippen MR) is 84.2 cm³/mol. The molecule has 0 aliphatic heterocycles. The van der Waals surface area contributed by atoms with E-state index in [2.05, 4.69) is 5.32 Å². The number of rotatable bonds is 6. The van der Waals surface area contributed by atoms with Crippen molar-refractivity contribution in [3.8, 4) is 11.5 Å². The third-order valence-electron chi connectivity index (χ3n) is 3.22. The Morgan fingerprint density at radius 3 is 2.48 bits per heavy atom. The number of hydrogen-bond donors (Lipinski definition) is 2. The lowest BCUT2D eigenvalue weighted by Gasteiger charge is -2.15. The van der Waals surface area contributed by atoms with Crippen LogP contribution in [0.3, 0.4) is 0 Å². The van der Waals surface area contributed by atoms with Gasteiger partial charge in [0.25, 0.3) is 0 Å². The summed E-state index contributed by atoms with van der Waals surface area (Å²) in [4.78, 5) is 0. The minimum atomic E-state index is -0.0111. The maximum atomic E-state index is 9.32.